The number of piperidine rings is 1. The number of amides is 1. The van der Waals surface area contributed by atoms with Crippen molar-refractivity contribution >= 4 is 35.7 Å². The molecule has 1 saturated heterocycles. The molecule has 1 aromatic carbocycles. The van der Waals surface area contributed by atoms with Gasteiger partial charge in [-0.1, -0.05) is 11.6 Å². The molecule has 1 N–H and O–H groups in total. The lowest BCUT2D eigenvalue weighted by Gasteiger charge is -2.31. The Bertz CT molecular complexity index is 512. The van der Waals surface area contributed by atoms with Gasteiger partial charge in [0.05, 0.1) is 0 Å². The molecular weight excluding hydrogens is 335 g/mol. The van der Waals surface area contributed by atoms with Crippen LogP contribution in [0.4, 0.5) is 0 Å². The highest BCUT2D eigenvalue weighted by Crippen LogP contribution is 2.23. The van der Waals surface area contributed by atoms with Gasteiger partial charge in [0.2, 0.25) is 5.91 Å². The largest absolute Gasteiger partial charge is 0.343 e. The number of hydrogen-bond donors (Lipinski definition) is 1. The van der Waals surface area contributed by atoms with Crippen molar-refractivity contribution in [1.82, 2.24) is 10.2 Å². The lowest BCUT2D eigenvalue weighted by Crippen LogP contribution is -2.40. The van der Waals surface area contributed by atoms with Gasteiger partial charge in [-0.3, -0.25) is 9.59 Å². The maximum Gasteiger partial charge on any atom is 0.222 e. The number of nitrogens with zero attached hydrogens (tertiary/aromatic N) is 1. The third-order valence-electron chi connectivity index (χ3n) is 4.16. The van der Waals surface area contributed by atoms with Crippen LogP contribution in [-0.2, 0) is 4.79 Å². The highest BCUT2D eigenvalue weighted by atomic mass is 35.5. The van der Waals surface area contributed by atoms with Crippen LogP contribution in [0.15, 0.2) is 24.3 Å². The van der Waals surface area contributed by atoms with Crippen LogP contribution < -0.4 is 5.32 Å². The summed E-state index contributed by atoms with van der Waals surface area (Å²) in [5, 5.41) is 3.68. The van der Waals surface area contributed by atoms with E-state index in [2.05, 4.69) is 5.32 Å². The van der Waals surface area contributed by atoms with Gasteiger partial charge in [0.25, 0.3) is 0 Å². The Balaban J connectivity index is 0.00000264. The minimum absolute atomic E-state index is 0. The Labute approximate surface area is 149 Å². The van der Waals surface area contributed by atoms with E-state index in [1.807, 2.05) is 11.9 Å². The lowest BCUT2D eigenvalue weighted by atomic mass is 9.89. The minimum atomic E-state index is 0. The standard InChI is InChI=1S/C17H23ClN2O2.ClH/c1-19-10-2-3-16(21)20-11-8-14(9-12-20)17(22)13-4-6-15(18)7-5-13;/h4-7,14,19H,2-3,8-12H2,1H3;1H. The van der Waals surface area contributed by atoms with Crippen LogP contribution in [0.25, 0.3) is 0 Å². The topological polar surface area (TPSA) is 49.4 Å². The molecule has 0 aliphatic carbocycles. The number of likely N-dealkylation sites (tertiary alicyclic amines) is 1. The molecule has 0 aromatic heterocycles. The van der Waals surface area contributed by atoms with Crippen molar-refractivity contribution in [2.45, 2.75) is 25.7 Å². The zero-order chi connectivity index (χ0) is 15.9. The number of hydrogen-bond acceptors (Lipinski definition) is 3. The fraction of sp³-hybridized carbons (Fsp3) is 0.529. The summed E-state index contributed by atoms with van der Waals surface area (Å²) in [4.78, 5) is 26.4. The normalized spacial score (nSPS) is 15.1. The summed E-state index contributed by atoms with van der Waals surface area (Å²) in [7, 11) is 1.89. The number of halogens is 2. The molecule has 1 fully saturated rings. The van der Waals surface area contributed by atoms with Gasteiger partial charge in [0, 0.05) is 36.0 Å². The lowest BCUT2D eigenvalue weighted by molar-refractivity contribution is -0.132. The molecule has 1 amide bonds. The Kier molecular flexibility index (Phi) is 8.59. The van der Waals surface area contributed by atoms with Gasteiger partial charge in [-0.2, -0.15) is 0 Å². The molecule has 0 saturated carbocycles. The zero-order valence-corrected chi connectivity index (χ0v) is 15.0. The van der Waals surface area contributed by atoms with Gasteiger partial charge in [-0.25, -0.2) is 0 Å². The molecule has 6 heteroatoms. The SMILES string of the molecule is CNCCCC(=O)N1CCC(C(=O)c2ccc(Cl)cc2)CC1.Cl. The van der Waals surface area contributed by atoms with E-state index >= 15 is 0 Å². The number of benzene rings is 1. The quantitative estimate of drug-likeness (QED) is 0.627. The van der Waals surface area contributed by atoms with E-state index < -0.39 is 0 Å². The van der Waals surface area contributed by atoms with E-state index in [-0.39, 0.29) is 30.0 Å². The second-order valence-corrected chi connectivity index (χ2v) is 6.17. The summed E-state index contributed by atoms with van der Waals surface area (Å²) < 4.78 is 0. The van der Waals surface area contributed by atoms with Crippen LogP contribution in [0.3, 0.4) is 0 Å². The highest BCUT2D eigenvalue weighted by Gasteiger charge is 2.27. The van der Waals surface area contributed by atoms with Crippen molar-refractivity contribution in [1.29, 1.82) is 0 Å². The molecule has 0 radical (unpaired) electrons. The first kappa shape index (κ1) is 19.9. The molecule has 128 valence electrons. The predicted octanol–water partition coefficient (Wildman–Crippen LogP) is 3.18. The van der Waals surface area contributed by atoms with E-state index in [1.54, 1.807) is 24.3 Å². The third kappa shape index (κ3) is 5.79. The minimum Gasteiger partial charge on any atom is -0.343 e. The first-order chi connectivity index (χ1) is 10.6. The van der Waals surface area contributed by atoms with Crippen LogP contribution in [0.5, 0.6) is 0 Å². The first-order valence-corrected chi connectivity index (χ1v) is 8.21. The fourth-order valence-corrected chi connectivity index (χ4v) is 2.94. The summed E-state index contributed by atoms with van der Waals surface area (Å²) in [5.41, 5.74) is 0.711. The Morgan fingerprint density at radius 1 is 1.22 bits per heavy atom. The van der Waals surface area contributed by atoms with Gasteiger partial charge >= 0.3 is 0 Å². The molecule has 1 aliphatic rings. The molecule has 1 aromatic rings. The molecular formula is C17H24Cl2N2O2. The predicted molar refractivity (Wildman–Crippen MR) is 95.5 cm³/mol. The smallest absolute Gasteiger partial charge is 0.222 e. The molecule has 4 nitrogen and oxygen atoms in total. The summed E-state index contributed by atoms with van der Waals surface area (Å²) in [6, 6.07) is 7.05. The van der Waals surface area contributed by atoms with E-state index in [0.29, 0.717) is 30.1 Å². The van der Waals surface area contributed by atoms with Crippen molar-refractivity contribution in [3.63, 3.8) is 0 Å². The molecule has 0 bridgehead atoms. The first-order valence-electron chi connectivity index (χ1n) is 7.84. The van der Waals surface area contributed by atoms with Crippen molar-refractivity contribution < 1.29 is 9.59 Å². The summed E-state index contributed by atoms with van der Waals surface area (Å²) in [5.74, 6) is 0.383. The second kappa shape index (κ2) is 9.91. The summed E-state index contributed by atoms with van der Waals surface area (Å²) in [6.07, 6.45) is 2.94. The maximum atomic E-state index is 12.4. The van der Waals surface area contributed by atoms with Crippen molar-refractivity contribution in [3.8, 4) is 0 Å². The summed E-state index contributed by atoms with van der Waals surface area (Å²) >= 11 is 5.85. The van der Waals surface area contributed by atoms with Crippen molar-refractivity contribution in [2.75, 3.05) is 26.7 Å². The molecule has 1 aliphatic heterocycles. The number of carbonyl (C=O) groups is 2. The highest BCUT2D eigenvalue weighted by molar-refractivity contribution is 6.30. The summed E-state index contributed by atoms with van der Waals surface area (Å²) in [6.45, 7) is 2.22. The van der Waals surface area contributed by atoms with Crippen LogP contribution in [0.1, 0.15) is 36.0 Å². The molecule has 0 atom stereocenters. The number of ketones is 1. The van der Waals surface area contributed by atoms with Gasteiger partial charge in [-0.05, 0) is 57.1 Å². The second-order valence-electron chi connectivity index (χ2n) is 5.73. The van der Waals surface area contributed by atoms with Crippen molar-refractivity contribution in [2.24, 2.45) is 5.92 Å². The van der Waals surface area contributed by atoms with Gasteiger partial charge < -0.3 is 10.2 Å². The molecule has 2 rings (SSSR count). The van der Waals surface area contributed by atoms with Crippen molar-refractivity contribution in [3.05, 3.63) is 34.9 Å². The monoisotopic (exact) mass is 358 g/mol. The number of Topliss-reactive ketones (excluding diaryl/α,β-unsaturated/α-hetero) is 1. The Hall–Kier alpha value is -1.10. The van der Waals surface area contributed by atoms with Crippen LogP contribution in [-0.4, -0.2) is 43.3 Å². The van der Waals surface area contributed by atoms with Crippen LogP contribution >= 0.6 is 24.0 Å². The zero-order valence-electron chi connectivity index (χ0n) is 13.4. The Morgan fingerprint density at radius 3 is 2.39 bits per heavy atom. The van der Waals surface area contributed by atoms with E-state index in [9.17, 15) is 9.59 Å². The average molecular weight is 359 g/mol. The van der Waals surface area contributed by atoms with Crippen LogP contribution in [0, 0.1) is 5.92 Å². The van der Waals surface area contributed by atoms with E-state index in [0.717, 1.165) is 25.8 Å². The Morgan fingerprint density at radius 2 is 1.83 bits per heavy atom. The third-order valence-corrected chi connectivity index (χ3v) is 4.42. The number of nitrogens with one attached hydrogen (secondary N) is 1. The molecule has 23 heavy (non-hydrogen) atoms. The number of carbonyl (C=O) groups excluding carboxylic acids is 2. The fourth-order valence-electron chi connectivity index (χ4n) is 2.82. The van der Waals surface area contributed by atoms with Gasteiger partial charge in [-0.15, -0.1) is 12.4 Å². The number of rotatable bonds is 6. The van der Waals surface area contributed by atoms with E-state index in [1.165, 1.54) is 0 Å². The molecule has 0 spiro atoms. The molecule has 0 unspecified atom stereocenters. The maximum absolute atomic E-state index is 12.4. The molecule has 1 heterocycles. The average Bonchev–Trinajstić information content (AvgIpc) is 2.55. The van der Waals surface area contributed by atoms with Gasteiger partial charge in [0.15, 0.2) is 5.78 Å². The van der Waals surface area contributed by atoms with Gasteiger partial charge in [0.1, 0.15) is 0 Å². The van der Waals surface area contributed by atoms with E-state index in [4.69, 9.17) is 11.6 Å². The van der Waals surface area contributed by atoms with Crippen LogP contribution in [0.2, 0.25) is 5.02 Å².